The van der Waals surface area contributed by atoms with Gasteiger partial charge >= 0.3 is 5.43 Å². The third-order valence-electron chi connectivity index (χ3n) is 0.315. The molecule has 0 amide bonds. The predicted molar refractivity (Wildman–Crippen MR) is 38.7 cm³/mol. The number of halogens is 1. The van der Waals surface area contributed by atoms with Gasteiger partial charge in [-0.05, 0) is 0 Å². The van der Waals surface area contributed by atoms with Crippen molar-refractivity contribution < 1.29 is 9.53 Å². The molecule has 0 radical (unpaired) electrons. The number of hydrogen-bond acceptors (Lipinski definition) is 2. The topological polar surface area (TPSA) is 26.3 Å². The smallest absolute Gasteiger partial charge is 0.404 e. The maximum Gasteiger partial charge on any atom is 0.404 e. The monoisotopic (exact) mass is 150 g/mol. The highest BCUT2D eigenvalue weighted by molar-refractivity contribution is 6.61. The number of ether oxygens (including phenoxy) is 1. The zero-order chi connectivity index (χ0) is 7.70. The van der Waals surface area contributed by atoms with Gasteiger partial charge in [0.2, 0.25) is 0 Å². The van der Waals surface area contributed by atoms with Gasteiger partial charge in [0.25, 0.3) is 0 Å². The van der Waals surface area contributed by atoms with Crippen molar-refractivity contribution in [2.45, 2.75) is 13.8 Å². The van der Waals surface area contributed by atoms with Crippen LogP contribution in [0.1, 0.15) is 13.8 Å². The molecule has 0 saturated carbocycles. The summed E-state index contributed by atoms with van der Waals surface area (Å²) in [5, 5.41) is 0. The first-order valence-electron chi connectivity index (χ1n) is 2.70. The van der Waals surface area contributed by atoms with Crippen LogP contribution in [0.4, 0.5) is 4.79 Å². The molecule has 0 spiro atoms. The van der Waals surface area contributed by atoms with Gasteiger partial charge in [-0.15, -0.1) is 0 Å². The van der Waals surface area contributed by atoms with Crippen molar-refractivity contribution in [1.29, 1.82) is 0 Å². The molecule has 0 aromatic rings. The third-order valence-corrected chi connectivity index (χ3v) is 0.424. The Balaban J connectivity index is 0. The number of hydrogen-bond donors (Lipinski definition) is 0. The first-order valence-corrected chi connectivity index (χ1v) is 3.08. The molecule has 0 aliphatic heterocycles. The van der Waals surface area contributed by atoms with Crippen LogP contribution < -0.4 is 0 Å². The molecule has 0 aromatic carbocycles. The zero-order valence-electron chi connectivity index (χ0n) is 5.69. The molecule has 2 nitrogen and oxygen atoms in total. The summed E-state index contributed by atoms with van der Waals surface area (Å²) in [7, 11) is 0. The molecule has 0 bridgehead atoms. The van der Waals surface area contributed by atoms with Crippen LogP contribution in [0, 0.1) is 0 Å². The lowest BCUT2D eigenvalue weighted by Crippen LogP contribution is -1.90. The summed E-state index contributed by atoms with van der Waals surface area (Å²) in [6, 6.07) is 0. The van der Waals surface area contributed by atoms with E-state index in [1.807, 2.05) is 13.8 Å². The number of carbonyl (C=O) groups is 1. The third kappa shape index (κ3) is 18.5. The molecule has 54 valence electrons. The lowest BCUT2D eigenvalue weighted by Gasteiger charge is -1.88. The van der Waals surface area contributed by atoms with E-state index in [9.17, 15) is 4.79 Å². The van der Waals surface area contributed by atoms with Crippen molar-refractivity contribution in [2.75, 3.05) is 6.61 Å². The second-order valence-corrected chi connectivity index (χ2v) is 1.15. The molecule has 0 aliphatic carbocycles. The Hall–Kier alpha value is -0.500. The Morgan fingerprint density at radius 2 is 2.22 bits per heavy atom. The maximum atomic E-state index is 9.70. The van der Waals surface area contributed by atoms with Crippen molar-refractivity contribution in [2.24, 2.45) is 0 Å². The standard InChI is InChI=1S/C4H5ClO2.C2H6/c1-2-3-7-4(5)6;1-2/h2H,1,3H2;1-2H3. The summed E-state index contributed by atoms with van der Waals surface area (Å²) in [4.78, 5) is 9.70. The van der Waals surface area contributed by atoms with Crippen molar-refractivity contribution in [3.63, 3.8) is 0 Å². The Bertz CT molecular complexity index is 81.1. The maximum absolute atomic E-state index is 9.70. The first kappa shape index (κ1) is 11.3. The Labute approximate surface area is 60.5 Å². The molecular formula is C6H11ClO2. The van der Waals surface area contributed by atoms with E-state index in [4.69, 9.17) is 11.6 Å². The second kappa shape index (κ2) is 10.5. The van der Waals surface area contributed by atoms with Crippen LogP contribution in [0.15, 0.2) is 12.7 Å². The molecule has 0 heterocycles. The van der Waals surface area contributed by atoms with Gasteiger partial charge in [0, 0.05) is 11.6 Å². The van der Waals surface area contributed by atoms with Crippen LogP contribution in [0.2, 0.25) is 0 Å². The highest BCUT2D eigenvalue weighted by Crippen LogP contribution is 1.84. The number of carbonyl (C=O) groups excluding carboxylic acids is 1. The molecular weight excluding hydrogens is 140 g/mol. The summed E-state index contributed by atoms with van der Waals surface area (Å²) < 4.78 is 4.20. The van der Waals surface area contributed by atoms with Crippen LogP contribution >= 0.6 is 11.6 Å². The molecule has 0 saturated heterocycles. The van der Waals surface area contributed by atoms with Gasteiger partial charge in [-0.3, -0.25) is 0 Å². The van der Waals surface area contributed by atoms with E-state index in [2.05, 4.69) is 11.3 Å². The minimum absolute atomic E-state index is 0.183. The van der Waals surface area contributed by atoms with Crippen LogP contribution in [-0.4, -0.2) is 12.0 Å². The fraction of sp³-hybridized carbons (Fsp3) is 0.500. The predicted octanol–water partition coefficient (Wildman–Crippen LogP) is 2.57. The fourth-order valence-corrected chi connectivity index (χ4v) is 0.187. The van der Waals surface area contributed by atoms with E-state index in [1.165, 1.54) is 6.08 Å². The Morgan fingerprint density at radius 3 is 2.33 bits per heavy atom. The minimum Gasteiger partial charge on any atom is -0.449 e. The zero-order valence-corrected chi connectivity index (χ0v) is 6.44. The molecule has 3 heteroatoms. The molecule has 9 heavy (non-hydrogen) atoms. The molecule has 0 aromatic heterocycles. The molecule has 0 fully saturated rings. The van der Waals surface area contributed by atoms with Gasteiger partial charge in [0.05, 0.1) is 0 Å². The Kier molecular flexibility index (Phi) is 13.2. The van der Waals surface area contributed by atoms with Gasteiger partial charge in [0.15, 0.2) is 0 Å². The molecule has 0 unspecified atom stereocenters. The SMILES string of the molecule is C=CCOC(=O)Cl.CC. The molecule has 0 N–H and O–H groups in total. The average molecular weight is 151 g/mol. The summed E-state index contributed by atoms with van der Waals surface area (Å²) >= 11 is 4.75. The summed E-state index contributed by atoms with van der Waals surface area (Å²) in [6.45, 7) is 7.48. The van der Waals surface area contributed by atoms with E-state index in [0.29, 0.717) is 0 Å². The molecule has 0 atom stereocenters. The van der Waals surface area contributed by atoms with Gasteiger partial charge < -0.3 is 4.74 Å². The summed E-state index contributed by atoms with van der Waals surface area (Å²) in [5.41, 5.74) is -0.792. The Morgan fingerprint density at radius 1 is 1.78 bits per heavy atom. The van der Waals surface area contributed by atoms with Crippen LogP contribution in [0.3, 0.4) is 0 Å². The summed E-state index contributed by atoms with van der Waals surface area (Å²) in [5.74, 6) is 0. The van der Waals surface area contributed by atoms with Gasteiger partial charge in [-0.25, -0.2) is 4.79 Å². The van der Waals surface area contributed by atoms with E-state index in [-0.39, 0.29) is 6.61 Å². The van der Waals surface area contributed by atoms with E-state index in [0.717, 1.165) is 0 Å². The van der Waals surface area contributed by atoms with Gasteiger partial charge in [-0.2, -0.15) is 0 Å². The second-order valence-electron chi connectivity index (χ2n) is 0.837. The normalized spacial score (nSPS) is 6.56. The van der Waals surface area contributed by atoms with Crippen molar-refractivity contribution in [3.8, 4) is 0 Å². The number of rotatable bonds is 2. The van der Waals surface area contributed by atoms with Crippen LogP contribution in [0.25, 0.3) is 0 Å². The highest BCUT2D eigenvalue weighted by Gasteiger charge is 1.87. The van der Waals surface area contributed by atoms with Crippen molar-refractivity contribution in [3.05, 3.63) is 12.7 Å². The summed E-state index contributed by atoms with van der Waals surface area (Å²) in [6.07, 6.45) is 1.44. The van der Waals surface area contributed by atoms with Crippen LogP contribution in [0.5, 0.6) is 0 Å². The lowest BCUT2D eigenvalue weighted by molar-refractivity contribution is 0.186. The largest absolute Gasteiger partial charge is 0.449 e. The molecule has 0 aliphatic rings. The van der Waals surface area contributed by atoms with Crippen LogP contribution in [-0.2, 0) is 4.74 Å². The minimum atomic E-state index is -0.792. The average Bonchev–Trinajstić information content (AvgIpc) is 1.88. The van der Waals surface area contributed by atoms with Crippen molar-refractivity contribution in [1.82, 2.24) is 0 Å². The quantitative estimate of drug-likeness (QED) is 0.447. The first-order chi connectivity index (χ1) is 4.27. The van der Waals surface area contributed by atoms with E-state index in [1.54, 1.807) is 0 Å². The van der Waals surface area contributed by atoms with E-state index >= 15 is 0 Å². The van der Waals surface area contributed by atoms with Gasteiger partial charge in [-0.1, -0.05) is 26.5 Å². The van der Waals surface area contributed by atoms with E-state index < -0.39 is 5.43 Å². The van der Waals surface area contributed by atoms with Gasteiger partial charge in [0.1, 0.15) is 6.61 Å². The molecule has 0 rings (SSSR count). The highest BCUT2D eigenvalue weighted by atomic mass is 35.5. The lowest BCUT2D eigenvalue weighted by atomic mass is 10.7. The van der Waals surface area contributed by atoms with Crippen molar-refractivity contribution >= 4 is 17.0 Å². The fourth-order valence-electron chi connectivity index (χ4n) is 0.124.